The first-order valence-electron chi connectivity index (χ1n) is 6.64. The van der Waals surface area contributed by atoms with Gasteiger partial charge in [-0.05, 0) is 31.5 Å². The smallest absolute Gasteiger partial charge is 0.243 e. The lowest BCUT2D eigenvalue weighted by molar-refractivity contribution is 0.186. The summed E-state index contributed by atoms with van der Waals surface area (Å²) in [5, 5.41) is 2.61. The zero-order chi connectivity index (χ0) is 15.5. The van der Waals surface area contributed by atoms with E-state index >= 15 is 0 Å². The van der Waals surface area contributed by atoms with Crippen molar-refractivity contribution in [1.82, 2.24) is 10.0 Å². The summed E-state index contributed by atoms with van der Waals surface area (Å²) >= 11 is 0. The molecular weight excluding hydrogens is 302 g/mol. The van der Waals surface area contributed by atoms with E-state index in [-0.39, 0.29) is 24.6 Å². The first-order valence-corrected chi connectivity index (χ1v) is 8.13. The van der Waals surface area contributed by atoms with Gasteiger partial charge in [0.05, 0.1) is 6.61 Å². The van der Waals surface area contributed by atoms with Crippen molar-refractivity contribution in [1.29, 1.82) is 0 Å². The van der Waals surface area contributed by atoms with Gasteiger partial charge in [-0.3, -0.25) is 0 Å². The Labute approximate surface area is 122 Å². The van der Waals surface area contributed by atoms with Crippen molar-refractivity contribution in [2.24, 2.45) is 5.92 Å². The minimum Gasteiger partial charge on any atom is -0.381 e. The van der Waals surface area contributed by atoms with Crippen LogP contribution >= 0.6 is 0 Å². The normalized spacial score (nSPS) is 19.1. The molecule has 5 nitrogen and oxygen atoms in total. The fraction of sp³-hybridized carbons (Fsp3) is 0.538. The molecule has 2 N–H and O–H groups in total. The molecule has 1 aliphatic rings. The highest BCUT2D eigenvalue weighted by molar-refractivity contribution is 7.89. The third kappa shape index (κ3) is 3.76. The second kappa shape index (κ2) is 6.78. The van der Waals surface area contributed by atoms with E-state index in [2.05, 4.69) is 10.0 Å². The maximum atomic E-state index is 14.2. The van der Waals surface area contributed by atoms with Crippen LogP contribution in [0.2, 0.25) is 0 Å². The van der Waals surface area contributed by atoms with Crippen LogP contribution in [-0.2, 0) is 21.3 Å². The van der Waals surface area contributed by atoms with E-state index in [1.54, 1.807) is 0 Å². The monoisotopic (exact) mass is 320 g/mol. The van der Waals surface area contributed by atoms with Gasteiger partial charge in [-0.1, -0.05) is 0 Å². The van der Waals surface area contributed by atoms with Crippen LogP contribution in [0, 0.1) is 17.6 Å². The molecule has 0 bridgehead atoms. The van der Waals surface area contributed by atoms with E-state index in [1.165, 1.54) is 7.05 Å². The second-order valence-electron chi connectivity index (χ2n) is 4.95. The van der Waals surface area contributed by atoms with E-state index in [0.717, 1.165) is 18.6 Å². The molecule has 21 heavy (non-hydrogen) atoms. The molecule has 1 heterocycles. The number of halogens is 2. The van der Waals surface area contributed by atoms with E-state index in [0.29, 0.717) is 13.2 Å². The van der Waals surface area contributed by atoms with Gasteiger partial charge < -0.3 is 10.1 Å². The number of ether oxygens (including phenoxy) is 1. The Kier molecular flexibility index (Phi) is 5.26. The van der Waals surface area contributed by atoms with E-state index in [1.807, 2.05) is 0 Å². The van der Waals surface area contributed by atoms with E-state index < -0.39 is 26.6 Å². The Morgan fingerprint density at radius 1 is 1.38 bits per heavy atom. The van der Waals surface area contributed by atoms with Gasteiger partial charge in [-0.15, -0.1) is 0 Å². The molecule has 0 spiro atoms. The summed E-state index contributed by atoms with van der Waals surface area (Å²) in [6.45, 7) is 1.18. The van der Waals surface area contributed by atoms with Crippen LogP contribution in [0.1, 0.15) is 12.0 Å². The summed E-state index contributed by atoms with van der Waals surface area (Å²) in [7, 11) is -2.48. The highest BCUT2D eigenvalue weighted by Gasteiger charge is 2.25. The molecule has 1 aliphatic heterocycles. The lowest BCUT2D eigenvalue weighted by atomic mass is 10.1. The highest BCUT2D eigenvalue weighted by Crippen LogP contribution is 2.21. The summed E-state index contributed by atoms with van der Waals surface area (Å²) < 4.78 is 59.5. The fourth-order valence-electron chi connectivity index (χ4n) is 2.17. The summed E-state index contributed by atoms with van der Waals surface area (Å²) in [5.41, 5.74) is -0.287. The number of hydrogen-bond acceptors (Lipinski definition) is 4. The Balaban J connectivity index is 2.20. The zero-order valence-corrected chi connectivity index (χ0v) is 12.5. The Morgan fingerprint density at radius 2 is 2.14 bits per heavy atom. The predicted octanol–water partition coefficient (Wildman–Crippen LogP) is 0.999. The summed E-state index contributed by atoms with van der Waals surface area (Å²) in [5.74, 6) is -1.75. The lowest BCUT2D eigenvalue weighted by Crippen LogP contribution is -2.30. The van der Waals surface area contributed by atoms with Crippen LogP contribution in [-0.4, -0.2) is 35.2 Å². The first-order chi connectivity index (χ1) is 9.95. The van der Waals surface area contributed by atoms with Crippen molar-refractivity contribution in [2.75, 3.05) is 26.8 Å². The molecule has 1 fully saturated rings. The van der Waals surface area contributed by atoms with Crippen LogP contribution in [0.3, 0.4) is 0 Å². The molecular formula is C13H18F2N2O3S. The summed E-state index contributed by atoms with van der Waals surface area (Å²) in [6, 6.07) is 1.90. The molecule has 118 valence electrons. The second-order valence-corrected chi connectivity index (χ2v) is 6.69. The average molecular weight is 320 g/mol. The van der Waals surface area contributed by atoms with Crippen molar-refractivity contribution in [3.63, 3.8) is 0 Å². The molecule has 1 saturated heterocycles. The van der Waals surface area contributed by atoms with Crippen LogP contribution in [0.5, 0.6) is 0 Å². The number of hydrogen-bond donors (Lipinski definition) is 2. The van der Waals surface area contributed by atoms with Crippen LogP contribution < -0.4 is 10.0 Å². The predicted molar refractivity (Wildman–Crippen MR) is 73.2 cm³/mol. The minimum atomic E-state index is -4.01. The molecule has 1 aromatic carbocycles. The van der Waals surface area contributed by atoms with Crippen molar-refractivity contribution in [3.05, 3.63) is 29.3 Å². The molecule has 1 unspecified atom stereocenters. The number of benzene rings is 1. The summed E-state index contributed by atoms with van der Waals surface area (Å²) in [6.07, 6.45) is 0.763. The lowest BCUT2D eigenvalue weighted by Gasteiger charge is -2.13. The highest BCUT2D eigenvalue weighted by atomic mass is 32.2. The Morgan fingerprint density at radius 3 is 2.76 bits per heavy atom. The molecule has 0 radical (unpaired) electrons. The molecule has 8 heteroatoms. The maximum Gasteiger partial charge on any atom is 0.243 e. The molecule has 1 aromatic rings. The van der Waals surface area contributed by atoms with Crippen LogP contribution in [0.25, 0.3) is 0 Å². The largest absolute Gasteiger partial charge is 0.381 e. The fourth-order valence-corrected chi connectivity index (χ4v) is 3.39. The number of nitrogens with one attached hydrogen (secondary N) is 2. The summed E-state index contributed by atoms with van der Waals surface area (Å²) in [4.78, 5) is -0.534. The van der Waals surface area contributed by atoms with Crippen molar-refractivity contribution in [2.45, 2.75) is 17.9 Å². The molecule has 2 rings (SSSR count). The average Bonchev–Trinajstić information content (AvgIpc) is 2.94. The topological polar surface area (TPSA) is 67.4 Å². The van der Waals surface area contributed by atoms with Gasteiger partial charge in [-0.2, -0.15) is 0 Å². The molecule has 1 atom stereocenters. The van der Waals surface area contributed by atoms with Gasteiger partial charge >= 0.3 is 0 Å². The van der Waals surface area contributed by atoms with Crippen LogP contribution in [0.4, 0.5) is 8.78 Å². The maximum absolute atomic E-state index is 14.2. The number of rotatable bonds is 6. The third-order valence-corrected chi connectivity index (χ3v) is 4.82. The zero-order valence-electron chi connectivity index (χ0n) is 11.7. The van der Waals surface area contributed by atoms with Crippen molar-refractivity contribution in [3.8, 4) is 0 Å². The van der Waals surface area contributed by atoms with Gasteiger partial charge in [0.1, 0.15) is 10.7 Å². The molecule has 0 amide bonds. The van der Waals surface area contributed by atoms with Gasteiger partial charge in [0.2, 0.25) is 10.0 Å². The standard InChI is InChI=1S/C13H18F2N2O3S/c1-16-7-10-11(14)2-3-12(13(10)15)21(18,19)17-6-9-4-5-20-8-9/h2-3,9,16-17H,4-8H2,1H3. The Hall–Kier alpha value is -1.09. The molecule has 0 aliphatic carbocycles. The first kappa shape index (κ1) is 16.3. The van der Waals surface area contributed by atoms with E-state index in [9.17, 15) is 17.2 Å². The van der Waals surface area contributed by atoms with Crippen LogP contribution in [0.15, 0.2) is 17.0 Å². The van der Waals surface area contributed by atoms with Gasteiger partial charge in [0.15, 0.2) is 5.82 Å². The number of sulfonamides is 1. The van der Waals surface area contributed by atoms with E-state index in [4.69, 9.17) is 4.74 Å². The van der Waals surface area contributed by atoms with Crippen molar-refractivity contribution < 1.29 is 21.9 Å². The van der Waals surface area contributed by atoms with Gasteiger partial charge in [0, 0.05) is 25.3 Å². The SMILES string of the molecule is CNCc1c(F)ccc(S(=O)(=O)NCC2CCOC2)c1F. The molecule has 0 aromatic heterocycles. The Bertz CT molecular complexity index is 602. The van der Waals surface area contributed by atoms with Gasteiger partial charge in [0.25, 0.3) is 0 Å². The quantitative estimate of drug-likeness (QED) is 0.820. The molecule has 0 saturated carbocycles. The minimum absolute atomic E-state index is 0.0834. The third-order valence-electron chi connectivity index (χ3n) is 3.38. The van der Waals surface area contributed by atoms with Crippen molar-refractivity contribution >= 4 is 10.0 Å². The van der Waals surface area contributed by atoms with Gasteiger partial charge in [-0.25, -0.2) is 21.9 Å².